The number of hydrogen-bond acceptors (Lipinski definition) is 6. The second-order valence-electron chi connectivity index (χ2n) is 4.83. The number of benzene rings is 1. The Kier molecular flexibility index (Phi) is 6.18. The Labute approximate surface area is 145 Å². The topological polar surface area (TPSA) is 73.6 Å². The number of thioether (sulfide) groups is 1. The van der Waals surface area contributed by atoms with E-state index < -0.39 is 11.5 Å². The number of hydrogen-bond donors (Lipinski definition) is 1. The van der Waals surface area contributed by atoms with Crippen molar-refractivity contribution in [1.82, 2.24) is 9.94 Å². The number of ether oxygens (including phenoxy) is 2. The molecule has 136 valence electrons. The molecule has 1 heterocycles. The fourth-order valence-corrected chi connectivity index (χ4v) is 2.61. The van der Waals surface area contributed by atoms with Gasteiger partial charge in [-0.15, -0.1) is 4.85 Å². The van der Waals surface area contributed by atoms with Crippen LogP contribution in [0.5, 0.6) is 5.88 Å². The van der Waals surface area contributed by atoms with Crippen LogP contribution < -0.4 is 4.74 Å². The first-order valence-corrected chi connectivity index (χ1v) is 8.04. The summed E-state index contributed by atoms with van der Waals surface area (Å²) in [6, 6.07) is 5.30. The van der Waals surface area contributed by atoms with Gasteiger partial charge in [-0.25, -0.2) is 4.79 Å². The van der Waals surface area contributed by atoms with E-state index in [9.17, 15) is 18.0 Å². The Bertz CT molecular complexity index is 734. The molecule has 0 unspecified atom stereocenters. The number of halogens is 3. The van der Waals surface area contributed by atoms with Crippen molar-refractivity contribution in [1.29, 1.82) is 0 Å². The normalized spacial score (nSPS) is 11.4. The summed E-state index contributed by atoms with van der Waals surface area (Å²) in [5.74, 6) is -0.722. The number of aromatic nitrogens is 2. The maximum atomic E-state index is 12.8. The molecule has 1 N–H and O–H groups in total. The minimum atomic E-state index is -4.52. The van der Waals surface area contributed by atoms with E-state index in [1.807, 2.05) is 0 Å². The van der Waals surface area contributed by atoms with Crippen molar-refractivity contribution >= 4 is 17.7 Å². The highest BCUT2D eigenvalue weighted by Crippen LogP contribution is 2.39. The molecule has 1 aromatic carbocycles. The quantitative estimate of drug-likeness (QED) is 0.449. The van der Waals surface area contributed by atoms with E-state index in [2.05, 4.69) is 5.10 Å². The lowest BCUT2D eigenvalue weighted by atomic mass is 10.1. The van der Waals surface area contributed by atoms with Crippen LogP contribution in [0.3, 0.4) is 0 Å². The SMILES string of the molecule is CCCOC(=O)c1cccc(SC(F)(F)F)c1COc1ccn(O)n1. The highest BCUT2D eigenvalue weighted by molar-refractivity contribution is 8.00. The van der Waals surface area contributed by atoms with Crippen molar-refractivity contribution in [2.75, 3.05) is 6.61 Å². The molecule has 0 saturated heterocycles. The van der Waals surface area contributed by atoms with Gasteiger partial charge in [0.2, 0.25) is 5.88 Å². The smallest absolute Gasteiger partial charge is 0.446 e. The molecule has 0 saturated carbocycles. The predicted octanol–water partition coefficient (Wildman–Crippen LogP) is 3.88. The number of esters is 1. The lowest BCUT2D eigenvalue weighted by molar-refractivity contribution is -0.0328. The number of alkyl halides is 3. The number of nitrogens with zero attached hydrogens (tertiary/aromatic N) is 2. The molecule has 25 heavy (non-hydrogen) atoms. The van der Waals surface area contributed by atoms with Crippen LogP contribution in [0.25, 0.3) is 0 Å². The van der Waals surface area contributed by atoms with E-state index in [1.54, 1.807) is 6.92 Å². The minimum absolute atomic E-state index is 0.00203. The van der Waals surface area contributed by atoms with Gasteiger partial charge < -0.3 is 14.7 Å². The number of carbonyl (C=O) groups excluding carboxylic acids is 1. The summed E-state index contributed by atoms with van der Waals surface area (Å²) < 4.78 is 48.6. The molecule has 2 aromatic rings. The monoisotopic (exact) mass is 376 g/mol. The highest BCUT2D eigenvalue weighted by atomic mass is 32.2. The minimum Gasteiger partial charge on any atom is -0.472 e. The molecule has 0 amide bonds. The molecular formula is C15H15F3N2O4S. The van der Waals surface area contributed by atoms with E-state index in [0.717, 1.165) is 0 Å². The van der Waals surface area contributed by atoms with Crippen LogP contribution in [0.15, 0.2) is 35.4 Å². The van der Waals surface area contributed by atoms with Gasteiger partial charge in [0.25, 0.3) is 0 Å². The van der Waals surface area contributed by atoms with Crippen molar-refractivity contribution in [3.63, 3.8) is 0 Å². The summed E-state index contributed by atoms with van der Waals surface area (Å²) in [6.45, 7) is 1.62. The number of rotatable bonds is 7. The van der Waals surface area contributed by atoms with Crippen LogP contribution in [-0.2, 0) is 11.3 Å². The Hall–Kier alpha value is -2.36. The number of carbonyl (C=O) groups is 1. The summed E-state index contributed by atoms with van der Waals surface area (Å²) in [5.41, 5.74) is -4.49. The third-order valence-electron chi connectivity index (χ3n) is 2.93. The largest absolute Gasteiger partial charge is 0.472 e. The molecule has 0 fully saturated rings. The average Bonchev–Trinajstić information content (AvgIpc) is 2.95. The van der Waals surface area contributed by atoms with Gasteiger partial charge in [-0.1, -0.05) is 18.1 Å². The summed E-state index contributed by atoms with van der Waals surface area (Å²) in [6.07, 6.45) is 1.78. The standard InChI is InChI=1S/C15H15F3N2O4S/c1-2-8-23-14(21)10-4-3-5-12(25-15(16,17)18)11(10)9-24-13-6-7-20(22)19-13/h3-7,22H,2,8-9H2,1H3. The fraction of sp³-hybridized carbons (Fsp3) is 0.333. The van der Waals surface area contributed by atoms with Crippen LogP contribution >= 0.6 is 11.8 Å². The molecule has 0 aliphatic carbocycles. The van der Waals surface area contributed by atoms with Gasteiger partial charge >= 0.3 is 11.5 Å². The fourth-order valence-electron chi connectivity index (χ4n) is 1.92. The van der Waals surface area contributed by atoms with Crippen LogP contribution in [0.2, 0.25) is 0 Å². The van der Waals surface area contributed by atoms with Crippen molar-refractivity contribution < 1.29 is 32.6 Å². The lowest BCUT2D eigenvalue weighted by Crippen LogP contribution is -2.13. The van der Waals surface area contributed by atoms with Gasteiger partial charge in [0.05, 0.1) is 18.4 Å². The molecule has 0 atom stereocenters. The van der Waals surface area contributed by atoms with Crippen molar-refractivity contribution in [2.45, 2.75) is 30.4 Å². The first-order chi connectivity index (χ1) is 11.8. The van der Waals surface area contributed by atoms with E-state index in [1.165, 1.54) is 30.5 Å². The zero-order chi connectivity index (χ0) is 18.4. The van der Waals surface area contributed by atoms with Gasteiger partial charge in [0.15, 0.2) is 0 Å². The molecule has 0 spiro atoms. The maximum Gasteiger partial charge on any atom is 0.446 e. The highest BCUT2D eigenvalue weighted by Gasteiger charge is 2.31. The second kappa shape index (κ2) is 8.15. The third-order valence-corrected chi connectivity index (χ3v) is 3.77. The zero-order valence-electron chi connectivity index (χ0n) is 13.1. The van der Waals surface area contributed by atoms with E-state index in [-0.39, 0.29) is 46.9 Å². The summed E-state index contributed by atoms with van der Waals surface area (Å²) in [5, 5.41) is 12.7. The first kappa shape index (κ1) is 19.0. The Morgan fingerprint density at radius 3 is 2.72 bits per heavy atom. The molecular weight excluding hydrogens is 361 g/mol. The van der Waals surface area contributed by atoms with E-state index >= 15 is 0 Å². The average molecular weight is 376 g/mol. The summed E-state index contributed by atoms with van der Waals surface area (Å²) in [7, 11) is 0. The zero-order valence-corrected chi connectivity index (χ0v) is 13.9. The van der Waals surface area contributed by atoms with Crippen LogP contribution in [-0.4, -0.2) is 33.2 Å². The second-order valence-corrected chi connectivity index (χ2v) is 5.94. The van der Waals surface area contributed by atoms with Gasteiger partial charge in [0, 0.05) is 16.5 Å². The molecule has 0 bridgehead atoms. The van der Waals surface area contributed by atoms with E-state index in [4.69, 9.17) is 14.7 Å². The van der Waals surface area contributed by atoms with Crippen LogP contribution in [0.4, 0.5) is 13.2 Å². The molecule has 0 radical (unpaired) electrons. The summed E-state index contributed by atoms with van der Waals surface area (Å²) in [4.78, 5) is 12.5. The Morgan fingerprint density at radius 1 is 1.36 bits per heavy atom. The maximum absolute atomic E-state index is 12.8. The molecule has 6 nitrogen and oxygen atoms in total. The van der Waals surface area contributed by atoms with Crippen LogP contribution in [0.1, 0.15) is 29.3 Å². The van der Waals surface area contributed by atoms with Gasteiger partial charge in [0.1, 0.15) is 6.61 Å². The van der Waals surface area contributed by atoms with Crippen molar-refractivity contribution in [3.05, 3.63) is 41.6 Å². The molecule has 1 aromatic heterocycles. The molecule has 0 aliphatic heterocycles. The lowest BCUT2D eigenvalue weighted by Gasteiger charge is -2.15. The Morgan fingerprint density at radius 2 is 2.12 bits per heavy atom. The third kappa shape index (κ3) is 5.59. The Balaban J connectivity index is 2.30. The van der Waals surface area contributed by atoms with Crippen molar-refractivity contribution in [2.24, 2.45) is 0 Å². The molecule has 10 heteroatoms. The van der Waals surface area contributed by atoms with Gasteiger partial charge in [-0.2, -0.15) is 13.2 Å². The van der Waals surface area contributed by atoms with Crippen LogP contribution in [0, 0.1) is 0 Å². The predicted molar refractivity (Wildman–Crippen MR) is 82.7 cm³/mol. The van der Waals surface area contributed by atoms with Crippen molar-refractivity contribution in [3.8, 4) is 5.88 Å². The van der Waals surface area contributed by atoms with E-state index in [0.29, 0.717) is 11.3 Å². The summed E-state index contributed by atoms with van der Waals surface area (Å²) >= 11 is -0.340. The molecule has 2 rings (SSSR count). The first-order valence-electron chi connectivity index (χ1n) is 7.22. The van der Waals surface area contributed by atoms with Gasteiger partial charge in [-0.05, 0) is 30.3 Å². The molecule has 0 aliphatic rings. The van der Waals surface area contributed by atoms with Gasteiger partial charge in [-0.3, -0.25) is 0 Å².